The van der Waals surface area contributed by atoms with Gasteiger partial charge in [-0.25, -0.2) is 0 Å². The third kappa shape index (κ3) is 5.07. The van der Waals surface area contributed by atoms with Crippen molar-refractivity contribution in [3.8, 4) is 11.4 Å². The number of nitrogens with zero attached hydrogens (tertiary/aromatic N) is 4. The maximum absolute atomic E-state index is 12.3. The molecule has 0 bridgehead atoms. The van der Waals surface area contributed by atoms with Crippen LogP contribution in [0.15, 0.2) is 72.7 Å². The van der Waals surface area contributed by atoms with Crippen molar-refractivity contribution < 1.29 is 4.79 Å². The van der Waals surface area contributed by atoms with Crippen LogP contribution < -0.4 is 5.32 Å². The summed E-state index contributed by atoms with van der Waals surface area (Å²) in [5.74, 6) is 1.23. The molecule has 6 nitrogen and oxygen atoms in total. The molecule has 1 N–H and O–H groups in total. The molecule has 0 aliphatic rings. The highest BCUT2D eigenvalue weighted by Gasteiger charge is 2.15. The number of amides is 1. The normalized spacial score (nSPS) is 11.8. The van der Waals surface area contributed by atoms with Crippen molar-refractivity contribution in [3.63, 3.8) is 0 Å². The highest BCUT2D eigenvalue weighted by Crippen LogP contribution is 2.23. The predicted octanol–water partition coefficient (Wildman–Crippen LogP) is 3.54. The van der Waals surface area contributed by atoms with Crippen molar-refractivity contribution in [2.45, 2.75) is 24.5 Å². The summed E-state index contributed by atoms with van der Waals surface area (Å²) in [5.41, 5.74) is 2.09. The van der Waals surface area contributed by atoms with Gasteiger partial charge in [0, 0.05) is 31.0 Å². The Morgan fingerprint density at radius 3 is 2.79 bits per heavy atom. The van der Waals surface area contributed by atoms with Crippen molar-refractivity contribution in [2.75, 3.05) is 12.3 Å². The first kappa shape index (κ1) is 19.8. The van der Waals surface area contributed by atoms with Crippen molar-refractivity contribution in [2.24, 2.45) is 0 Å². The van der Waals surface area contributed by atoms with Gasteiger partial charge in [-0.05, 0) is 23.6 Å². The minimum atomic E-state index is -0.0242. The molecule has 3 aromatic rings. The maximum atomic E-state index is 12.3. The van der Waals surface area contributed by atoms with E-state index in [1.807, 2.05) is 34.9 Å². The molecule has 1 unspecified atom stereocenters. The Morgan fingerprint density at radius 2 is 2.07 bits per heavy atom. The van der Waals surface area contributed by atoms with Crippen molar-refractivity contribution in [1.82, 2.24) is 25.1 Å². The third-order valence-electron chi connectivity index (χ3n) is 4.25. The molecule has 7 heteroatoms. The number of allylic oxidation sites excluding steroid dienone is 1. The van der Waals surface area contributed by atoms with Gasteiger partial charge in [0.1, 0.15) is 0 Å². The summed E-state index contributed by atoms with van der Waals surface area (Å²) in [6.45, 7) is 7.07. The van der Waals surface area contributed by atoms with Crippen LogP contribution in [0.5, 0.6) is 0 Å². The summed E-state index contributed by atoms with van der Waals surface area (Å²) in [7, 11) is 0. The van der Waals surface area contributed by atoms with Gasteiger partial charge in [-0.1, -0.05) is 55.1 Å². The molecule has 0 spiro atoms. The molecule has 0 fully saturated rings. The van der Waals surface area contributed by atoms with Crippen LogP contribution in [0.3, 0.4) is 0 Å². The van der Waals surface area contributed by atoms with E-state index in [1.165, 1.54) is 17.3 Å². The Balaban J connectivity index is 1.59. The van der Waals surface area contributed by atoms with Gasteiger partial charge in [0.25, 0.3) is 0 Å². The first-order valence-corrected chi connectivity index (χ1v) is 10.1. The summed E-state index contributed by atoms with van der Waals surface area (Å²) < 4.78 is 1.94. The number of aromatic nitrogens is 4. The summed E-state index contributed by atoms with van der Waals surface area (Å²) in [4.78, 5) is 16.4. The van der Waals surface area contributed by atoms with Crippen LogP contribution in [-0.2, 0) is 11.3 Å². The second kappa shape index (κ2) is 9.85. The van der Waals surface area contributed by atoms with Crippen LogP contribution in [0.25, 0.3) is 11.4 Å². The average Bonchev–Trinajstić information content (AvgIpc) is 3.14. The fraction of sp³-hybridized carbons (Fsp3) is 0.238. The number of pyridine rings is 1. The molecule has 0 saturated heterocycles. The highest BCUT2D eigenvalue weighted by molar-refractivity contribution is 7.99. The molecule has 0 aliphatic heterocycles. The highest BCUT2D eigenvalue weighted by atomic mass is 32.2. The van der Waals surface area contributed by atoms with Crippen molar-refractivity contribution >= 4 is 17.7 Å². The van der Waals surface area contributed by atoms with E-state index in [1.54, 1.807) is 18.5 Å². The zero-order valence-corrected chi connectivity index (χ0v) is 16.6. The minimum Gasteiger partial charge on any atom is -0.355 e. The van der Waals surface area contributed by atoms with E-state index in [0.29, 0.717) is 24.1 Å². The van der Waals surface area contributed by atoms with Crippen molar-refractivity contribution in [3.05, 3.63) is 73.1 Å². The van der Waals surface area contributed by atoms with Crippen molar-refractivity contribution in [1.29, 1.82) is 0 Å². The van der Waals surface area contributed by atoms with E-state index in [9.17, 15) is 4.79 Å². The lowest BCUT2D eigenvalue weighted by molar-refractivity contribution is -0.118. The summed E-state index contributed by atoms with van der Waals surface area (Å²) in [6.07, 6.45) is 5.25. The number of rotatable bonds is 9. The van der Waals surface area contributed by atoms with Gasteiger partial charge >= 0.3 is 0 Å². The lowest BCUT2D eigenvalue weighted by Crippen LogP contribution is -2.29. The van der Waals surface area contributed by atoms with Gasteiger partial charge in [-0.15, -0.1) is 16.8 Å². The van der Waals surface area contributed by atoms with E-state index in [4.69, 9.17) is 0 Å². The first-order valence-electron chi connectivity index (χ1n) is 9.08. The SMILES string of the molecule is C=CCn1c(SCC(=O)NCC(C)c2ccccc2)nnc1-c1cccnc1. The quantitative estimate of drug-likeness (QED) is 0.445. The van der Waals surface area contributed by atoms with E-state index in [-0.39, 0.29) is 17.6 Å². The molecule has 28 heavy (non-hydrogen) atoms. The number of benzene rings is 1. The van der Waals surface area contributed by atoms with Crippen LogP contribution >= 0.6 is 11.8 Å². The van der Waals surface area contributed by atoms with Gasteiger partial charge < -0.3 is 5.32 Å². The molecule has 2 heterocycles. The molecule has 1 aromatic carbocycles. The molecule has 0 radical (unpaired) electrons. The lowest BCUT2D eigenvalue weighted by atomic mass is 10.0. The molecule has 1 atom stereocenters. The molecule has 1 amide bonds. The molecular formula is C21H23N5OS. The molecule has 144 valence electrons. The Hall–Kier alpha value is -2.93. The Bertz CT molecular complexity index is 911. The number of carbonyl (C=O) groups excluding carboxylic acids is 1. The average molecular weight is 394 g/mol. The number of nitrogens with one attached hydrogen (secondary N) is 1. The first-order chi connectivity index (χ1) is 13.7. The van der Waals surface area contributed by atoms with Gasteiger partial charge in [-0.3, -0.25) is 14.3 Å². The van der Waals surface area contributed by atoms with Gasteiger partial charge in [0.2, 0.25) is 5.91 Å². The van der Waals surface area contributed by atoms with E-state index in [2.05, 4.69) is 46.1 Å². The molecule has 0 aliphatic carbocycles. The molecular weight excluding hydrogens is 370 g/mol. The van der Waals surface area contributed by atoms with Gasteiger partial charge in [0.05, 0.1) is 5.75 Å². The van der Waals surface area contributed by atoms with Crippen LogP contribution in [-0.4, -0.2) is 38.0 Å². The zero-order valence-electron chi connectivity index (χ0n) is 15.8. The summed E-state index contributed by atoms with van der Waals surface area (Å²) >= 11 is 1.37. The van der Waals surface area contributed by atoms with Gasteiger partial charge in [-0.2, -0.15) is 0 Å². The Kier molecular flexibility index (Phi) is 6.97. The smallest absolute Gasteiger partial charge is 0.230 e. The maximum Gasteiger partial charge on any atom is 0.230 e. The molecule has 3 rings (SSSR count). The zero-order chi connectivity index (χ0) is 19.8. The standard InChI is InChI=1S/C21H23N5OS/c1-3-12-26-20(18-10-7-11-22-14-18)24-25-21(26)28-15-19(27)23-13-16(2)17-8-5-4-6-9-17/h3-11,14,16H,1,12-13,15H2,2H3,(H,23,27). The largest absolute Gasteiger partial charge is 0.355 e. The Morgan fingerprint density at radius 1 is 1.25 bits per heavy atom. The number of hydrogen-bond acceptors (Lipinski definition) is 5. The van der Waals surface area contributed by atoms with E-state index < -0.39 is 0 Å². The second-order valence-electron chi connectivity index (χ2n) is 6.35. The van der Waals surface area contributed by atoms with E-state index in [0.717, 1.165) is 5.56 Å². The number of thioether (sulfide) groups is 1. The number of carbonyl (C=O) groups is 1. The van der Waals surface area contributed by atoms with Crippen LogP contribution in [0.1, 0.15) is 18.4 Å². The predicted molar refractivity (Wildman–Crippen MR) is 112 cm³/mol. The fourth-order valence-electron chi connectivity index (χ4n) is 2.75. The topological polar surface area (TPSA) is 72.7 Å². The second-order valence-corrected chi connectivity index (χ2v) is 7.29. The summed E-state index contributed by atoms with van der Waals surface area (Å²) in [5, 5.41) is 12.2. The summed E-state index contributed by atoms with van der Waals surface area (Å²) in [6, 6.07) is 13.9. The van der Waals surface area contributed by atoms with Crippen LogP contribution in [0.2, 0.25) is 0 Å². The molecule has 2 aromatic heterocycles. The van der Waals surface area contributed by atoms with Gasteiger partial charge in [0.15, 0.2) is 11.0 Å². The Labute approximate surface area is 169 Å². The fourth-order valence-corrected chi connectivity index (χ4v) is 3.52. The molecule has 0 saturated carbocycles. The minimum absolute atomic E-state index is 0.0242. The van der Waals surface area contributed by atoms with Crippen LogP contribution in [0.4, 0.5) is 0 Å². The van der Waals surface area contributed by atoms with Crippen LogP contribution in [0, 0.1) is 0 Å². The number of hydrogen-bond donors (Lipinski definition) is 1. The third-order valence-corrected chi connectivity index (χ3v) is 5.22. The van der Waals surface area contributed by atoms with E-state index >= 15 is 0 Å². The lowest BCUT2D eigenvalue weighted by Gasteiger charge is -2.13. The monoisotopic (exact) mass is 393 g/mol.